The Balaban J connectivity index is 2.36. The summed E-state index contributed by atoms with van der Waals surface area (Å²) in [5, 5.41) is 11.4. The summed E-state index contributed by atoms with van der Waals surface area (Å²) in [6.07, 6.45) is 2.53. The predicted octanol–water partition coefficient (Wildman–Crippen LogP) is 1.88. The second-order valence-electron chi connectivity index (χ2n) is 4.72. The van der Waals surface area contributed by atoms with Crippen LogP contribution in [0.5, 0.6) is 0 Å². The number of carbonyl (C=O) groups is 1. The molecule has 1 amide bonds. The summed E-state index contributed by atoms with van der Waals surface area (Å²) in [6.45, 7) is 9.99. The smallest absolute Gasteiger partial charge is 0.233 e. The highest BCUT2D eigenvalue weighted by molar-refractivity contribution is 8.00. The summed E-state index contributed by atoms with van der Waals surface area (Å²) in [4.78, 5) is 12.0. The minimum atomic E-state index is -0.191. The van der Waals surface area contributed by atoms with E-state index < -0.39 is 0 Å². The van der Waals surface area contributed by atoms with Crippen LogP contribution >= 0.6 is 11.8 Å². The Kier molecular flexibility index (Phi) is 7.61. The number of carbonyl (C=O) groups excluding carboxylic acids is 1. The summed E-state index contributed by atoms with van der Waals surface area (Å²) < 4.78 is 7.19. The summed E-state index contributed by atoms with van der Waals surface area (Å²) >= 11 is 1.43. The number of thioether (sulfide) groups is 1. The van der Waals surface area contributed by atoms with Gasteiger partial charge in [0.2, 0.25) is 5.91 Å². The zero-order valence-corrected chi connectivity index (χ0v) is 13.4. The second kappa shape index (κ2) is 8.97. The van der Waals surface area contributed by atoms with Gasteiger partial charge in [-0.3, -0.25) is 4.79 Å². The maximum atomic E-state index is 12.0. The first-order valence-electron chi connectivity index (χ1n) is 6.97. The maximum Gasteiger partial charge on any atom is 0.233 e. The maximum absolute atomic E-state index is 12.0. The third-order valence-electron chi connectivity index (χ3n) is 2.72. The first-order valence-corrected chi connectivity index (χ1v) is 7.85. The van der Waals surface area contributed by atoms with Crippen molar-refractivity contribution in [3.05, 3.63) is 6.33 Å². The van der Waals surface area contributed by atoms with Crippen LogP contribution in [0.25, 0.3) is 0 Å². The molecule has 0 saturated carbocycles. The molecule has 0 radical (unpaired) electrons. The molecule has 0 aliphatic heterocycles. The fraction of sp³-hybridized carbons (Fsp3) is 0.769. The Morgan fingerprint density at radius 1 is 1.50 bits per heavy atom. The van der Waals surface area contributed by atoms with E-state index >= 15 is 0 Å². The van der Waals surface area contributed by atoms with Crippen LogP contribution in [-0.4, -0.2) is 45.7 Å². The van der Waals surface area contributed by atoms with Gasteiger partial charge in [0.05, 0.1) is 5.25 Å². The lowest BCUT2D eigenvalue weighted by molar-refractivity contribution is -0.120. The van der Waals surface area contributed by atoms with Gasteiger partial charge in [-0.15, -0.1) is 10.2 Å². The number of hydrogen-bond donors (Lipinski definition) is 1. The molecule has 1 heterocycles. The highest BCUT2D eigenvalue weighted by atomic mass is 32.2. The molecule has 0 fully saturated rings. The third kappa shape index (κ3) is 5.50. The molecule has 1 aromatic heterocycles. The monoisotopic (exact) mass is 300 g/mol. The lowest BCUT2D eigenvalue weighted by Gasteiger charge is -2.13. The highest BCUT2D eigenvalue weighted by Crippen LogP contribution is 2.23. The molecular weight excluding hydrogens is 276 g/mol. The fourth-order valence-electron chi connectivity index (χ4n) is 1.56. The molecule has 1 atom stereocenters. The number of aromatic nitrogens is 3. The largest absolute Gasteiger partial charge is 0.382 e. The molecule has 6 nitrogen and oxygen atoms in total. The van der Waals surface area contributed by atoms with Crippen molar-refractivity contribution in [2.45, 2.75) is 50.6 Å². The molecule has 0 aromatic carbocycles. The van der Waals surface area contributed by atoms with Crippen LogP contribution in [0.2, 0.25) is 0 Å². The van der Waals surface area contributed by atoms with Crippen molar-refractivity contribution in [1.29, 1.82) is 0 Å². The number of rotatable bonds is 9. The Morgan fingerprint density at radius 3 is 2.90 bits per heavy atom. The Bertz CT molecular complexity index is 409. The molecule has 0 saturated heterocycles. The SMILES string of the molecule is CCOCCCNC(=O)C(C)Sc1nncn1C(C)C. The van der Waals surface area contributed by atoms with Gasteiger partial charge in [0.1, 0.15) is 6.33 Å². The number of ether oxygens (including phenoxy) is 1. The van der Waals surface area contributed by atoms with Crippen molar-refractivity contribution in [3.8, 4) is 0 Å². The zero-order valence-electron chi connectivity index (χ0n) is 12.6. The first kappa shape index (κ1) is 17.0. The second-order valence-corrected chi connectivity index (χ2v) is 6.02. The minimum absolute atomic E-state index is 0.0183. The number of nitrogens with zero attached hydrogens (tertiary/aromatic N) is 3. The van der Waals surface area contributed by atoms with E-state index in [-0.39, 0.29) is 17.2 Å². The minimum Gasteiger partial charge on any atom is -0.382 e. The van der Waals surface area contributed by atoms with Gasteiger partial charge in [0.15, 0.2) is 5.16 Å². The van der Waals surface area contributed by atoms with E-state index in [0.717, 1.165) is 11.6 Å². The Hall–Kier alpha value is -1.08. The molecule has 1 aromatic rings. The topological polar surface area (TPSA) is 69.0 Å². The van der Waals surface area contributed by atoms with E-state index in [1.54, 1.807) is 6.33 Å². The summed E-state index contributed by atoms with van der Waals surface area (Å²) in [5.74, 6) is 0.0183. The summed E-state index contributed by atoms with van der Waals surface area (Å²) in [6, 6.07) is 0.286. The van der Waals surface area contributed by atoms with Gasteiger partial charge in [-0.2, -0.15) is 0 Å². The average Bonchev–Trinajstić information content (AvgIpc) is 2.86. The van der Waals surface area contributed by atoms with Crippen LogP contribution in [0.3, 0.4) is 0 Å². The lowest BCUT2D eigenvalue weighted by atomic mass is 10.4. The van der Waals surface area contributed by atoms with E-state index in [1.807, 2.05) is 18.4 Å². The van der Waals surface area contributed by atoms with Crippen molar-refractivity contribution >= 4 is 17.7 Å². The molecule has 1 N–H and O–H groups in total. The van der Waals surface area contributed by atoms with E-state index in [0.29, 0.717) is 19.8 Å². The number of hydrogen-bond acceptors (Lipinski definition) is 5. The highest BCUT2D eigenvalue weighted by Gasteiger charge is 2.18. The van der Waals surface area contributed by atoms with Gasteiger partial charge in [-0.05, 0) is 34.1 Å². The molecule has 7 heteroatoms. The quantitative estimate of drug-likeness (QED) is 0.557. The normalized spacial score (nSPS) is 12.7. The molecule has 0 aliphatic rings. The molecule has 1 rings (SSSR count). The fourth-order valence-corrected chi connectivity index (χ4v) is 2.54. The molecule has 20 heavy (non-hydrogen) atoms. The molecule has 0 aliphatic carbocycles. The molecular formula is C13H24N4O2S. The average molecular weight is 300 g/mol. The molecule has 0 spiro atoms. The van der Waals surface area contributed by atoms with E-state index in [9.17, 15) is 4.79 Å². The van der Waals surface area contributed by atoms with Crippen LogP contribution in [0.15, 0.2) is 11.5 Å². The van der Waals surface area contributed by atoms with Crippen LogP contribution in [0, 0.1) is 0 Å². The third-order valence-corrected chi connectivity index (χ3v) is 3.79. The summed E-state index contributed by atoms with van der Waals surface area (Å²) in [5.41, 5.74) is 0. The van der Waals surface area contributed by atoms with E-state index in [4.69, 9.17) is 4.74 Å². The van der Waals surface area contributed by atoms with Gasteiger partial charge in [-0.25, -0.2) is 0 Å². The van der Waals surface area contributed by atoms with Crippen molar-refractivity contribution in [1.82, 2.24) is 20.1 Å². The van der Waals surface area contributed by atoms with Crippen molar-refractivity contribution in [2.24, 2.45) is 0 Å². The van der Waals surface area contributed by atoms with Crippen molar-refractivity contribution < 1.29 is 9.53 Å². The first-order chi connectivity index (χ1) is 9.56. The van der Waals surface area contributed by atoms with Gasteiger partial charge >= 0.3 is 0 Å². The predicted molar refractivity (Wildman–Crippen MR) is 79.8 cm³/mol. The van der Waals surface area contributed by atoms with E-state index in [2.05, 4.69) is 29.4 Å². The molecule has 1 unspecified atom stereocenters. The van der Waals surface area contributed by atoms with Crippen molar-refractivity contribution in [2.75, 3.05) is 19.8 Å². The Labute approximate surface area is 124 Å². The van der Waals surface area contributed by atoms with Crippen LogP contribution in [-0.2, 0) is 9.53 Å². The number of nitrogens with one attached hydrogen (secondary N) is 1. The van der Waals surface area contributed by atoms with Gasteiger partial charge in [-0.1, -0.05) is 11.8 Å². The van der Waals surface area contributed by atoms with Crippen LogP contribution < -0.4 is 5.32 Å². The van der Waals surface area contributed by atoms with Gasteiger partial charge < -0.3 is 14.6 Å². The van der Waals surface area contributed by atoms with Crippen LogP contribution in [0.4, 0.5) is 0 Å². The van der Waals surface area contributed by atoms with Gasteiger partial charge in [0.25, 0.3) is 0 Å². The van der Waals surface area contributed by atoms with Gasteiger partial charge in [0, 0.05) is 25.8 Å². The van der Waals surface area contributed by atoms with Crippen LogP contribution in [0.1, 0.15) is 40.2 Å². The molecule has 114 valence electrons. The standard InChI is InChI=1S/C13H24N4O2S/c1-5-19-8-6-7-14-12(18)11(4)20-13-16-15-9-17(13)10(2)3/h9-11H,5-8H2,1-4H3,(H,14,18). The lowest BCUT2D eigenvalue weighted by Crippen LogP contribution is -2.32. The van der Waals surface area contributed by atoms with Crippen molar-refractivity contribution in [3.63, 3.8) is 0 Å². The molecule has 0 bridgehead atoms. The zero-order chi connectivity index (χ0) is 15.0. The Morgan fingerprint density at radius 2 is 2.25 bits per heavy atom. The number of amides is 1. The van der Waals surface area contributed by atoms with E-state index in [1.165, 1.54) is 11.8 Å². The summed E-state index contributed by atoms with van der Waals surface area (Å²) in [7, 11) is 0.